The van der Waals surface area contributed by atoms with E-state index in [1.807, 2.05) is 12.1 Å². The van der Waals surface area contributed by atoms with Crippen LogP contribution in [0.15, 0.2) is 24.3 Å². The third kappa shape index (κ3) is 5.57. The maximum atomic E-state index is 13.7. The highest BCUT2D eigenvalue weighted by molar-refractivity contribution is 5.85. The van der Waals surface area contributed by atoms with E-state index in [9.17, 15) is 4.39 Å². The van der Waals surface area contributed by atoms with E-state index < -0.39 is 0 Å². The van der Waals surface area contributed by atoms with Crippen molar-refractivity contribution in [1.82, 2.24) is 10.2 Å². The maximum absolute atomic E-state index is 13.7. The minimum atomic E-state index is -0.0764. The average molecular weight is 323 g/mol. The molecule has 1 heterocycles. The number of piperidine rings is 1. The first-order chi connectivity index (χ1) is 8.81. The van der Waals surface area contributed by atoms with Crippen molar-refractivity contribution in [3.8, 4) is 0 Å². The second-order valence-corrected chi connectivity index (χ2v) is 5.04. The van der Waals surface area contributed by atoms with Crippen LogP contribution >= 0.6 is 24.8 Å². The molecule has 0 aromatic heterocycles. The van der Waals surface area contributed by atoms with Crippen molar-refractivity contribution in [3.05, 3.63) is 35.6 Å². The third-order valence-electron chi connectivity index (χ3n) is 3.67. The summed E-state index contributed by atoms with van der Waals surface area (Å²) in [5.74, 6) is -0.0764. The standard InChI is InChI=1S/C15H23FN2.2ClH/c1-2-11-18(14-7-9-17-10-8-14)12-13-5-3-4-6-15(13)16;;/h3-6,14,17H,2,7-12H2,1H3;2*1H. The minimum Gasteiger partial charge on any atom is -0.317 e. The Balaban J connectivity index is 0.00000180. The topological polar surface area (TPSA) is 15.3 Å². The molecule has 1 saturated heterocycles. The first-order valence-corrected chi connectivity index (χ1v) is 6.99. The molecule has 1 aliphatic heterocycles. The smallest absolute Gasteiger partial charge is 0.127 e. The molecule has 0 saturated carbocycles. The van der Waals surface area contributed by atoms with Crippen LogP contribution in [0.3, 0.4) is 0 Å². The van der Waals surface area contributed by atoms with Crippen molar-refractivity contribution in [2.24, 2.45) is 0 Å². The Morgan fingerprint density at radius 1 is 1.20 bits per heavy atom. The molecular formula is C15H25Cl2FN2. The Morgan fingerprint density at radius 3 is 2.45 bits per heavy atom. The van der Waals surface area contributed by atoms with Gasteiger partial charge in [-0.25, -0.2) is 4.39 Å². The van der Waals surface area contributed by atoms with Crippen LogP contribution in [0, 0.1) is 5.82 Å². The van der Waals surface area contributed by atoms with Crippen LogP contribution in [0.2, 0.25) is 0 Å². The van der Waals surface area contributed by atoms with E-state index in [4.69, 9.17) is 0 Å². The molecule has 1 aliphatic rings. The van der Waals surface area contributed by atoms with Crippen LogP contribution in [0.1, 0.15) is 31.7 Å². The van der Waals surface area contributed by atoms with Gasteiger partial charge in [0, 0.05) is 18.2 Å². The summed E-state index contributed by atoms with van der Waals surface area (Å²) in [5.41, 5.74) is 0.824. The highest BCUT2D eigenvalue weighted by Crippen LogP contribution is 2.17. The molecule has 0 bridgehead atoms. The van der Waals surface area contributed by atoms with Gasteiger partial charge in [0.2, 0.25) is 0 Å². The summed E-state index contributed by atoms with van der Waals surface area (Å²) < 4.78 is 13.7. The highest BCUT2D eigenvalue weighted by Gasteiger charge is 2.21. The van der Waals surface area contributed by atoms with Gasteiger partial charge < -0.3 is 5.32 Å². The molecule has 0 spiro atoms. The number of nitrogens with zero attached hydrogens (tertiary/aromatic N) is 1. The highest BCUT2D eigenvalue weighted by atomic mass is 35.5. The molecule has 5 heteroatoms. The molecule has 1 N–H and O–H groups in total. The van der Waals surface area contributed by atoms with Gasteiger partial charge in [0.1, 0.15) is 5.82 Å². The number of hydrogen-bond donors (Lipinski definition) is 1. The third-order valence-corrected chi connectivity index (χ3v) is 3.67. The lowest BCUT2D eigenvalue weighted by Gasteiger charge is -2.34. The van der Waals surface area contributed by atoms with E-state index in [1.54, 1.807) is 12.1 Å². The van der Waals surface area contributed by atoms with E-state index in [0.717, 1.165) is 38.2 Å². The predicted octanol–water partition coefficient (Wildman–Crippen LogP) is 3.63. The van der Waals surface area contributed by atoms with Crippen LogP contribution < -0.4 is 5.32 Å². The summed E-state index contributed by atoms with van der Waals surface area (Å²) in [4.78, 5) is 2.44. The largest absolute Gasteiger partial charge is 0.317 e. The molecule has 1 aromatic carbocycles. The van der Waals surface area contributed by atoms with E-state index in [2.05, 4.69) is 17.1 Å². The molecule has 0 radical (unpaired) electrons. The summed E-state index contributed by atoms with van der Waals surface area (Å²) in [6.07, 6.45) is 3.47. The second-order valence-electron chi connectivity index (χ2n) is 5.04. The molecule has 2 nitrogen and oxygen atoms in total. The van der Waals surface area contributed by atoms with E-state index in [1.165, 1.54) is 12.8 Å². The van der Waals surface area contributed by atoms with Crippen LogP contribution in [0.5, 0.6) is 0 Å². The second kappa shape index (κ2) is 10.4. The summed E-state index contributed by atoms with van der Waals surface area (Å²) in [6.45, 7) is 6.16. The monoisotopic (exact) mass is 322 g/mol. The van der Waals surface area contributed by atoms with Gasteiger partial charge >= 0.3 is 0 Å². The number of hydrogen-bond acceptors (Lipinski definition) is 2. The van der Waals surface area contributed by atoms with Gasteiger partial charge in [-0.05, 0) is 45.0 Å². The zero-order valence-electron chi connectivity index (χ0n) is 12.0. The van der Waals surface area contributed by atoms with Gasteiger partial charge in [-0.3, -0.25) is 4.90 Å². The fourth-order valence-electron chi connectivity index (χ4n) is 2.70. The average Bonchev–Trinajstić information content (AvgIpc) is 2.42. The van der Waals surface area contributed by atoms with Gasteiger partial charge in [0.25, 0.3) is 0 Å². The van der Waals surface area contributed by atoms with E-state index in [-0.39, 0.29) is 30.6 Å². The molecule has 2 rings (SSSR count). The summed E-state index contributed by atoms with van der Waals surface area (Å²) in [5, 5.41) is 3.39. The first-order valence-electron chi connectivity index (χ1n) is 6.99. The quantitative estimate of drug-likeness (QED) is 0.890. The van der Waals surface area contributed by atoms with Crippen molar-refractivity contribution in [2.75, 3.05) is 19.6 Å². The van der Waals surface area contributed by atoms with Crippen molar-refractivity contribution >= 4 is 24.8 Å². The Morgan fingerprint density at radius 2 is 1.85 bits per heavy atom. The zero-order valence-corrected chi connectivity index (χ0v) is 13.6. The first kappa shape index (κ1) is 19.7. The van der Waals surface area contributed by atoms with Crippen LogP contribution in [-0.2, 0) is 6.54 Å². The Kier molecular flexibility index (Phi) is 10.2. The summed E-state index contributed by atoms with van der Waals surface area (Å²) in [6, 6.07) is 7.74. The molecule has 0 aliphatic carbocycles. The van der Waals surface area contributed by atoms with Gasteiger partial charge in [-0.15, -0.1) is 24.8 Å². The van der Waals surface area contributed by atoms with Crippen molar-refractivity contribution in [2.45, 2.75) is 38.8 Å². The van der Waals surface area contributed by atoms with Gasteiger partial charge in [0.05, 0.1) is 0 Å². The molecule has 0 amide bonds. The van der Waals surface area contributed by atoms with Crippen molar-refractivity contribution < 1.29 is 4.39 Å². The van der Waals surface area contributed by atoms with Crippen molar-refractivity contribution in [3.63, 3.8) is 0 Å². The predicted molar refractivity (Wildman–Crippen MR) is 87.5 cm³/mol. The normalized spacial score (nSPS) is 15.6. The molecule has 1 aromatic rings. The van der Waals surface area contributed by atoms with Gasteiger partial charge in [0.15, 0.2) is 0 Å². The maximum Gasteiger partial charge on any atom is 0.127 e. The molecule has 20 heavy (non-hydrogen) atoms. The lowest BCUT2D eigenvalue weighted by Crippen LogP contribution is -2.43. The Bertz CT molecular complexity index is 371. The lowest BCUT2D eigenvalue weighted by atomic mass is 10.0. The van der Waals surface area contributed by atoms with Crippen LogP contribution in [0.4, 0.5) is 4.39 Å². The zero-order chi connectivity index (χ0) is 12.8. The number of benzene rings is 1. The fourth-order valence-corrected chi connectivity index (χ4v) is 2.70. The van der Waals surface area contributed by atoms with Gasteiger partial charge in [-0.2, -0.15) is 0 Å². The number of nitrogens with one attached hydrogen (secondary N) is 1. The van der Waals surface area contributed by atoms with Crippen LogP contribution in [0.25, 0.3) is 0 Å². The molecule has 116 valence electrons. The summed E-state index contributed by atoms with van der Waals surface area (Å²) in [7, 11) is 0. The molecule has 1 fully saturated rings. The lowest BCUT2D eigenvalue weighted by molar-refractivity contribution is 0.152. The van der Waals surface area contributed by atoms with Crippen molar-refractivity contribution in [1.29, 1.82) is 0 Å². The van der Waals surface area contributed by atoms with E-state index in [0.29, 0.717) is 6.04 Å². The van der Waals surface area contributed by atoms with E-state index >= 15 is 0 Å². The summed E-state index contributed by atoms with van der Waals surface area (Å²) >= 11 is 0. The van der Waals surface area contributed by atoms with Gasteiger partial charge in [-0.1, -0.05) is 25.1 Å². The van der Waals surface area contributed by atoms with Crippen LogP contribution in [-0.4, -0.2) is 30.6 Å². The molecular weight excluding hydrogens is 298 g/mol. The molecule has 0 unspecified atom stereocenters. The fraction of sp³-hybridized carbons (Fsp3) is 0.600. The SMILES string of the molecule is CCCN(Cc1ccccc1F)C1CCNCC1.Cl.Cl. The number of rotatable bonds is 5. The number of halogens is 3. The molecule has 0 atom stereocenters. The minimum absolute atomic E-state index is 0. The Hall–Kier alpha value is -0.350. The Labute approximate surface area is 133 Å².